The molecule has 4 aromatic carbocycles. The normalized spacial score (nSPS) is 11.4. The molecule has 0 aliphatic rings. The summed E-state index contributed by atoms with van der Waals surface area (Å²) < 4.78 is 1.56. The third-order valence-electron chi connectivity index (χ3n) is 5.66. The number of halogens is 1. The number of aromatic nitrogens is 2. The van der Waals surface area contributed by atoms with Crippen LogP contribution in [-0.2, 0) is 4.79 Å². The first kappa shape index (κ1) is 23.9. The summed E-state index contributed by atoms with van der Waals surface area (Å²) in [7, 11) is 0. The number of hydrazone groups is 1. The summed E-state index contributed by atoms with van der Waals surface area (Å²) in [5, 5.41) is 5.03. The lowest BCUT2D eigenvalue weighted by Crippen LogP contribution is -2.22. The number of nitrogens with zero attached hydrogens (tertiary/aromatic N) is 3. The van der Waals surface area contributed by atoms with Gasteiger partial charge in [0.05, 0.1) is 27.8 Å². The Hall–Kier alpha value is -4.81. The Morgan fingerprint density at radius 1 is 0.838 bits per heavy atom. The number of rotatable bonds is 6. The van der Waals surface area contributed by atoms with E-state index in [9.17, 15) is 9.59 Å². The van der Waals surface area contributed by atoms with Crippen LogP contribution >= 0.6 is 11.6 Å². The minimum absolute atomic E-state index is 0.195. The Balaban J connectivity index is 1.42. The van der Waals surface area contributed by atoms with E-state index in [2.05, 4.69) is 10.5 Å². The first-order valence-corrected chi connectivity index (χ1v) is 11.9. The Labute approximate surface area is 218 Å². The molecule has 0 spiro atoms. The highest BCUT2D eigenvalue weighted by atomic mass is 35.5. The summed E-state index contributed by atoms with van der Waals surface area (Å²) in [5.41, 5.74) is 5.84. The number of carbonyl (C=O) groups is 1. The average Bonchev–Trinajstić information content (AvgIpc) is 2.93. The van der Waals surface area contributed by atoms with Crippen molar-refractivity contribution in [3.8, 4) is 17.1 Å². The fourth-order valence-corrected chi connectivity index (χ4v) is 4.07. The van der Waals surface area contributed by atoms with Gasteiger partial charge >= 0.3 is 0 Å². The molecule has 1 heterocycles. The van der Waals surface area contributed by atoms with Gasteiger partial charge in [-0.05, 0) is 53.6 Å². The number of amides is 1. The zero-order valence-corrected chi connectivity index (χ0v) is 20.3. The first-order chi connectivity index (χ1) is 18.1. The summed E-state index contributed by atoms with van der Waals surface area (Å²) in [6.45, 7) is 0. The Bertz CT molecular complexity index is 1690. The maximum Gasteiger partial charge on any atom is 0.266 e. The molecule has 5 rings (SSSR count). The van der Waals surface area contributed by atoms with Crippen molar-refractivity contribution in [1.82, 2.24) is 15.0 Å². The Kier molecular flexibility index (Phi) is 7.01. The molecule has 0 bridgehead atoms. The van der Waals surface area contributed by atoms with E-state index in [1.807, 2.05) is 78.9 Å². The standard InChI is InChI=1S/C30H21ClN4O2/c31-26-12-6-4-10-24(26)29-33-27-13-7-5-11-25(27)30(37)35(29)23-17-14-22(15-18-23)20-32-34-28(36)19-16-21-8-2-1-3-9-21/h1-20H,(H,34,36)/b19-16+,32-20+. The van der Waals surface area contributed by atoms with Crippen LogP contribution in [0.5, 0.6) is 0 Å². The maximum atomic E-state index is 13.5. The smallest absolute Gasteiger partial charge is 0.266 e. The fraction of sp³-hybridized carbons (Fsp3) is 0. The minimum Gasteiger partial charge on any atom is -0.268 e. The van der Waals surface area contributed by atoms with Gasteiger partial charge in [-0.2, -0.15) is 5.10 Å². The first-order valence-electron chi connectivity index (χ1n) is 11.5. The molecule has 180 valence electrons. The second kappa shape index (κ2) is 10.8. The molecule has 0 aliphatic heterocycles. The summed E-state index contributed by atoms with van der Waals surface area (Å²) in [5.74, 6) is 0.114. The number of fused-ring (bicyclic) bond motifs is 1. The van der Waals surface area contributed by atoms with Crippen LogP contribution in [0.15, 0.2) is 119 Å². The Morgan fingerprint density at radius 3 is 2.32 bits per heavy atom. The van der Waals surface area contributed by atoms with Crippen LogP contribution in [-0.4, -0.2) is 21.7 Å². The molecule has 0 atom stereocenters. The van der Waals surface area contributed by atoms with Gasteiger partial charge in [0.15, 0.2) is 0 Å². The molecule has 0 unspecified atom stereocenters. The van der Waals surface area contributed by atoms with Gasteiger partial charge in [0, 0.05) is 11.6 Å². The van der Waals surface area contributed by atoms with Crippen molar-refractivity contribution in [3.05, 3.63) is 136 Å². The number of nitrogens with one attached hydrogen (secondary N) is 1. The molecule has 6 nitrogen and oxygen atoms in total. The van der Waals surface area contributed by atoms with Crippen molar-refractivity contribution >= 4 is 40.7 Å². The monoisotopic (exact) mass is 504 g/mol. The van der Waals surface area contributed by atoms with Gasteiger partial charge in [0.2, 0.25) is 0 Å². The molecular weight excluding hydrogens is 484 g/mol. The van der Waals surface area contributed by atoms with E-state index >= 15 is 0 Å². The van der Waals surface area contributed by atoms with Crippen molar-refractivity contribution < 1.29 is 4.79 Å². The van der Waals surface area contributed by atoms with Crippen molar-refractivity contribution in [2.24, 2.45) is 5.10 Å². The van der Waals surface area contributed by atoms with Crippen LogP contribution in [0.1, 0.15) is 11.1 Å². The zero-order valence-electron chi connectivity index (χ0n) is 19.6. The van der Waals surface area contributed by atoms with E-state index in [1.54, 1.807) is 34.9 Å². The molecule has 1 N–H and O–H groups in total. The lowest BCUT2D eigenvalue weighted by atomic mass is 10.1. The molecule has 1 aromatic heterocycles. The largest absolute Gasteiger partial charge is 0.268 e. The zero-order chi connectivity index (χ0) is 25.6. The second-order valence-corrected chi connectivity index (χ2v) is 8.55. The van der Waals surface area contributed by atoms with Crippen LogP contribution in [0.4, 0.5) is 0 Å². The van der Waals surface area contributed by atoms with E-state index in [-0.39, 0.29) is 11.5 Å². The lowest BCUT2D eigenvalue weighted by molar-refractivity contribution is -0.116. The molecule has 37 heavy (non-hydrogen) atoms. The number of benzene rings is 4. The SMILES string of the molecule is O=C(/C=C/c1ccccc1)N/N=C/c1ccc(-n2c(-c3ccccc3Cl)nc3ccccc3c2=O)cc1. The molecule has 0 fully saturated rings. The topological polar surface area (TPSA) is 76.3 Å². The van der Waals surface area contributed by atoms with E-state index in [1.165, 1.54) is 12.3 Å². The molecule has 1 amide bonds. The molecule has 7 heteroatoms. The fourth-order valence-electron chi connectivity index (χ4n) is 3.85. The predicted octanol–water partition coefficient (Wildman–Crippen LogP) is 5.87. The molecule has 5 aromatic rings. The average molecular weight is 505 g/mol. The van der Waals surface area contributed by atoms with Gasteiger partial charge in [-0.3, -0.25) is 14.2 Å². The Morgan fingerprint density at radius 2 is 1.54 bits per heavy atom. The third-order valence-corrected chi connectivity index (χ3v) is 5.99. The number of carbonyl (C=O) groups excluding carboxylic acids is 1. The van der Waals surface area contributed by atoms with Crippen LogP contribution in [0.2, 0.25) is 5.02 Å². The molecule has 0 saturated heterocycles. The van der Waals surface area contributed by atoms with E-state index in [0.717, 1.165) is 11.1 Å². The number of hydrogen-bond acceptors (Lipinski definition) is 4. The van der Waals surface area contributed by atoms with Crippen molar-refractivity contribution in [2.45, 2.75) is 0 Å². The van der Waals surface area contributed by atoms with Crippen LogP contribution in [0.3, 0.4) is 0 Å². The van der Waals surface area contributed by atoms with Gasteiger partial charge in [-0.15, -0.1) is 0 Å². The van der Waals surface area contributed by atoms with Crippen LogP contribution in [0.25, 0.3) is 34.1 Å². The summed E-state index contributed by atoms with van der Waals surface area (Å²) in [4.78, 5) is 30.3. The quantitative estimate of drug-likeness (QED) is 0.178. The van der Waals surface area contributed by atoms with Crippen molar-refractivity contribution in [1.29, 1.82) is 0 Å². The van der Waals surface area contributed by atoms with Gasteiger partial charge in [0.25, 0.3) is 11.5 Å². The van der Waals surface area contributed by atoms with Crippen LogP contribution in [0, 0.1) is 0 Å². The number of para-hydroxylation sites is 1. The highest BCUT2D eigenvalue weighted by Gasteiger charge is 2.16. The number of hydrogen-bond donors (Lipinski definition) is 1. The molecule has 0 radical (unpaired) electrons. The van der Waals surface area contributed by atoms with E-state index in [4.69, 9.17) is 16.6 Å². The predicted molar refractivity (Wildman–Crippen MR) is 149 cm³/mol. The highest BCUT2D eigenvalue weighted by molar-refractivity contribution is 6.33. The maximum absolute atomic E-state index is 13.5. The van der Waals surface area contributed by atoms with Gasteiger partial charge in [0.1, 0.15) is 5.82 Å². The van der Waals surface area contributed by atoms with Crippen molar-refractivity contribution in [2.75, 3.05) is 0 Å². The second-order valence-electron chi connectivity index (χ2n) is 8.14. The summed E-state index contributed by atoms with van der Waals surface area (Å²) in [6.07, 6.45) is 4.67. The highest BCUT2D eigenvalue weighted by Crippen LogP contribution is 2.28. The summed E-state index contributed by atoms with van der Waals surface area (Å²) in [6, 6.07) is 31.3. The third kappa shape index (κ3) is 5.39. The van der Waals surface area contributed by atoms with E-state index in [0.29, 0.717) is 33.0 Å². The lowest BCUT2D eigenvalue weighted by Gasteiger charge is -2.15. The minimum atomic E-state index is -0.338. The van der Waals surface area contributed by atoms with Crippen LogP contribution < -0.4 is 11.0 Å². The molecule has 0 saturated carbocycles. The van der Waals surface area contributed by atoms with E-state index < -0.39 is 0 Å². The van der Waals surface area contributed by atoms with Gasteiger partial charge < -0.3 is 0 Å². The van der Waals surface area contributed by atoms with Crippen molar-refractivity contribution in [3.63, 3.8) is 0 Å². The molecular formula is C30H21ClN4O2. The van der Waals surface area contributed by atoms with Gasteiger partial charge in [-0.1, -0.05) is 78.3 Å². The molecule has 0 aliphatic carbocycles. The summed E-state index contributed by atoms with van der Waals surface area (Å²) >= 11 is 6.47. The van der Waals surface area contributed by atoms with Gasteiger partial charge in [-0.25, -0.2) is 10.4 Å².